The van der Waals surface area contributed by atoms with Crippen LogP contribution in [0.4, 0.5) is 0 Å². The number of benzene rings is 1. The monoisotopic (exact) mass is 352 g/mol. The van der Waals surface area contributed by atoms with Crippen molar-refractivity contribution in [3.05, 3.63) is 59.2 Å². The molecule has 2 atom stereocenters. The number of aryl methyl sites for hydroxylation is 1. The summed E-state index contributed by atoms with van der Waals surface area (Å²) in [7, 11) is 0. The zero-order valence-corrected chi connectivity index (χ0v) is 15.9. The van der Waals surface area contributed by atoms with Crippen LogP contribution >= 0.6 is 0 Å². The zero-order chi connectivity index (χ0) is 18.5. The summed E-state index contributed by atoms with van der Waals surface area (Å²) in [5, 5.41) is 2.90. The standard InChI is InChI=1S/C21H28N4O/c1-15-8-16(2)13-25(12-15)14-19-6-4-18(5-7-19)10-24-21(26)20-11-22-17(3)9-23-20/h4-7,9,11,15-16H,8,10,12-14H2,1-3H3,(H,24,26). The van der Waals surface area contributed by atoms with Crippen LogP contribution in [0.25, 0.3) is 0 Å². The molecule has 138 valence electrons. The molecule has 2 aromatic rings. The number of hydrogen-bond acceptors (Lipinski definition) is 4. The Bertz CT molecular complexity index is 717. The Hall–Kier alpha value is -2.27. The lowest BCUT2D eigenvalue weighted by Gasteiger charge is -2.35. The average molecular weight is 352 g/mol. The molecular weight excluding hydrogens is 324 g/mol. The van der Waals surface area contributed by atoms with E-state index in [0.717, 1.165) is 29.6 Å². The molecule has 5 nitrogen and oxygen atoms in total. The summed E-state index contributed by atoms with van der Waals surface area (Å²) in [5.74, 6) is 1.36. The van der Waals surface area contributed by atoms with Crippen LogP contribution in [0.1, 0.15) is 47.6 Å². The summed E-state index contributed by atoms with van der Waals surface area (Å²) in [6, 6.07) is 8.51. The Balaban J connectivity index is 1.51. The highest BCUT2D eigenvalue weighted by atomic mass is 16.1. The van der Waals surface area contributed by atoms with Crippen molar-refractivity contribution in [1.82, 2.24) is 20.2 Å². The summed E-state index contributed by atoms with van der Waals surface area (Å²) in [4.78, 5) is 22.9. The van der Waals surface area contributed by atoms with Crippen LogP contribution in [0.3, 0.4) is 0 Å². The molecule has 26 heavy (non-hydrogen) atoms. The number of rotatable bonds is 5. The predicted molar refractivity (Wildman–Crippen MR) is 103 cm³/mol. The second-order valence-corrected chi connectivity index (χ2v) is 7.68. The van der Waals surface area contributed by atoms with Gasteiger partial charge in [-0.15, -0.1) is 0 Å². The molecular formula is C21H28N4O. The Labute approximate surface area is 155 Å². The first-order valence-electron chi connectivity index (χ1n) is 9.36. The van der Waals surface area contributed by atoms with Gasteiger partial charge >= 0.3 is 0 Å². The van der Waals surface area contributed by atoms with E-state index in [9.17, 15) is 4.79 Å². The van der Waals surface area contributed by atoms with Crippen molar-refractivity contribution in [2.45, 2.75) is 40.3 Å². The van der Waals surface area contributed by atoms with Crippen LogP contribution in [0.2, 0.25) is 0 Å². The molecule has 1 aliphatic heterocycles. The number of carbonyl (C=O) groups is 1. The van der Waals surface area contributed by atoms with Gasteiger partial charge in [-0.2, -0.15) is 0 Å². The van der Waals surface area contributed by atoms with Crippen LogP contribution in [0.15, 0.2) is 36.7 Å². The molecule has 2 unspecified atom stereocenters. The van der Waals surface area contributed by atoms with Gasteiger partial charge in [0.1, 0.15) is 5.69 Å². The van der Waals surface area contributed by atoms with Gasteiger partial charge in [0, 0.05) is 32.4 Å². The third-order valence-electron chi connectivity index (χ3n) is 4.84. The molecule has 0 radical (unpaired) electrons. The largest absolute Gasteiger partial charge is 0.347 e. The molecule has 0 saturated carbocycles. The second-order valence-electron chi connectivity index (χ2n) is 7.68. The van der Waals surface area contributed by atoms with Crippen molar-refractivity contribution in [1.29, 1.82) is 0 Å². The van der Waals surface area contributed by atoms with E-state index in [4.69, 9.17) is 0 Å². The van der Waals surface area contributed by atoms with Crippen molar-refractivity contribution >= 4 is 5.91 Å². The van der Waals surface area contributed by atoms with E-state index in [1.165, 1.54) is 31.3 Å². The molecule has 0 aliphatic carbocycles. The van der Waals surface area contributed by atoms with Gasteiger partial charge in [-0.3, -0.25) is 14.7 Å². The number of amides is 1. The summed E-state index contributed by atoms with van der Waals surface area (Å²) in [6.45, 7) is 10.4. The smallest absolute Gasteiger partial charge is 0.271 e. The molecule has 1 aromatic heterocycles. The molecule has 3 rings (SSSR count). The van der Waals surface area contributed by atoms with Gasteiger partial charge in [-0.05, 0) is 36.3 Å². The summed E-state index contributed by atoms with van der Waals surface area (Å²) < 4.78 is 0. The van der Waals surface area contributed by atoms with Crippen LogP contribution in [0, 0.1) is 18.8 Å². The number of nitrogens with one attached hydrogen (secondary N) is 1. The maximum Gasteiger partial charge on any atom is 0.271 e. The van der Waals surface area contributed by atoms with Crippen LogP contribution in [0.5, 0.6) is 0 Å². The minimum absolute atomic E-state index is 0.196. The number of hydrogen-bond donors (Lipinski definition) is 1. The van der Waals surface area contributed by atoms with Crippen LogP contribution < -0.4 is 5.32 Å². The van der Waals surface area contributed by atoms with Crippen molar-refractivity contribution in [2.24, 2.45) is 11.8 Å². The van der Waals surface area contributed by atoms with Crippen molar-refractivity contribution in [3.63, 3.8) is 0 Å². The molecule has 1 saturated heterocycles. The lowest BCUT2D eigenvalue weighted by molar-refractivity contribution is 0.0945. The van der Waals surface area contributed by atoms with Gasteiger partial charge in [-0.1, -0.05) is 38.1 Å². The predicted octanol–water partition coefficient (Wildman–Crippen LogP) is 3.19. The Morgan fingerprint density at radius 2 is 1.73 bits per heavy atom. The lowest BCUT2D eigenvalue weighted by Crippen LogP contribution is -2.38. The van der Waals surface area contributed by atoms with Gasteiger partial charge in [0.2, 0.25) is 0 Å². The van der Waals surface area contributed by atoms with Crippen molar-refractivity contribution < 1.29 is 4.79 Å². The quantitative estimate of drug-likeness (QED) is 0.898. The number of aromatic nitrogens is 2. The first-order valence-corrected chi connectivity index (χ1v) is 9.36. The van der Waals surface area contributed by atoms with Crippen LogP contribution in [-0.4, -0.2) is 33.9 Å². The Morgan fingerprint density at radius 1 is 1.08 bits per heavy atom. The third kappa shape index (κ3) is 5.11. The number of nitrogens with zero attached hydrogens (tertiary/aromatic N) is 3. The van der Waals surface area contributed by atoms with E-state index < -0.39 is 0 Å². The second kappa shape index (κ2) is 8.41. The van der Waals surface area contributed by atoms with E-state index in [-0.39, 0.29) is 5.91 Å². The minimum Gasteiger partial charge on any atom is -0.347 e. The van der Waals surface area contributed by atoms with Gasteiger partial charge in [0.15, 0.2) is 0 Å². The Kier molecular flexibility index (Phi) is 5.99. The topological polar surface area (TPSA) is 58.1 Å². The first kappa shape index (κ1) is 18.5. The fourth-order valence-corrected chi connectivity index (χ4v) is 3.72. The molecule has 0 spiro atoms. The van der Waals surface area contributed by atoms with E-state index in [0.29, 0.717) is 12.2 Å². The molecule has 1 aromatic carbocycles. The fourth-order valence-electron chi connectivity index (χ4n) is 3.72. The molecule has 1 amide bonds. The molecule has 1 aliphatic rings. The summed E-state index contributed by atoms with van der Waals surface area (Å²) in [5.41, 5.74) is 3.56. The number of carbonyl (C=O) groups excluding carboxylic acids is 1. The average Bonchev–Trinajstić information content (AvgIpc) is 2.60. The van der Waals surface area contributed by atoms with Crippen molar-refractivity contribution in [2.75, 3.05) is 13.1 Å². The number of piperidine rings is 1. The zero-order valence-electron chi connectivity index (χ0n) is 15.9. The molecule has 5 heteroatoms. The Morgan fingerprint density at radius 3 is 2.35 bits per heavy atom. The highest BCUT2D eigenvalue weighted by molar-refractivity contribution is 5.91. The van der Waals surface area contributed by atoms with E-state index in [2.05, 4.69) is 58.3 Å². The molecule has 0 bridgehead atoms. The van der Waals surface area contributed by atoms with E-state index >= 15 is 0 Å². The highest BCUT2D eigenvalue weighted by Gasteiger charge is 2.21. The molecule has 1 N–H and O–H groups in total. The normalized spacial score (nSPS) is 20.7. The SMILES string of the molecule is Cc1cnc(C(=O)NCc2ccc(CN3CC(C)CC(C)C3)cc2)cn1. The third-order valence-corrected chi connectivity index (χ3v) is 4.84. The first-order chi connectivity index (χ1) is 12.5. The number of likely N-dealkylation sites (tertiary alicyclic amines) is 1. The minimum atomic E-state index is -0.196. The van der Waals surface area contributed by atoms with E-state index in [1.807, 2.05) is 6.92 Å². The molecule has 2 heterocycles. The maximum absolute atomic E-state index is 12.1. The lowest BCUT2D eigenvalue weighted by atomic mass is 9.91. The van der Waals surface area contributed by atoms with Gasteiger partial charge in [0.05, 0.1) is 11.9 Å². The fraction of sp³-hybridized carbons (Fsp3) is 0.476. The van der Waals surface area contributed by atoms with Crippen LogP contribution in [-0.2, 0) is 13.1 Å². The van der Waals surface area contributed by atoms with Gasteiger partial charge in [0.25, 0.3) is 5.91 Å². The van der Waals surface area contributed by atoms with E-state index in [1.54, 1.807) is 6.20 Å². The van der Waals surface area contributed by atoms with Crippen molar-refractivity contribution in [3.8, 4) is 0 Å². The van der Waals surface area contributed by atoms with Gasteiger partial charge in [-0.25, -0.2) is 4.98 Å². The summed E-state index contributed by atoms with van der Waals surface area (Å²) >= 11 is 0. The maximum atomic E-state index is 12.1. The summed E-state index contributed by atoms with van der Waals surface area (Å²) in [6.07, 6.45) is 4.45. The van der Waals surface area contributed by atoms with Gasteiger partial charge < -0.3 is 5.32 Å². The highest BCUT2D eigenvalue weighted by Crippen LogP contribution is 2.22. The molecule has 1 fully saturated rings.